The Morgan fingerprint density at radius 3 is 1.13 bits per heavy atom. The molecule has 68 heavy (non-hydrogen) atoms. The number of hydrogen-bond acceptors (Lipinski definition) is 7. The van der Waals surface area contributed by atoms with Gasteiger partial charge in [-0.05, 0) is 77.0 Å². The van der Waals surface area contributed by atoms with E-state index in [1.54, 1.807) is 21.1 Å². The van der Waals surface area contributed by atoms with Gasteiger partial charge in [-0.15, -0.1) is 0 Å². The zero-order chi connectivity index (χ0) is 49.9. The molecule has 0 aromatic carbocycles. The molecule has 0 aromatic heterocycles. The molecule has 0 heterocycles. The van der Waals surface area contributed by atoms with Gasteiger partial charge in [-0.1, -0.05) is 217 Å². The molecule has 0 N–H and O–H groups in total. The number of hydrogen-bond donors (Lipinski definition) is 0. The summed E-state index contributed by atoms with van der Waals surface area (Å²) in [7, 11) is 5.42. The lowest BCUT2D eigenvalue weighted by atomic mass is 10.1. The minimum absolute atomic E-state index is 0.0351. The van der Waals surface area contributed by atoms with Gasteiger partial charge < -0.3 is 28.6 Å². The number of esters is 2. The molecule has 0 bridgehead atoms. The van der Waals surface area contributed by atoms with Crippen molar-refractivity contribution in [1.82, 2.24) is 0 Å². The molecule has 8 heteroatoms. The predicted octanol–water partition coefficient (Wildman–Crippen LogP) is 15.8. The summed E-state index contributed by atoms with van der Waals surface area (Å²) in [5.41, 5.74) is 0. The average Bonchev–Trinajstić information content (AvgIpc) is 3.30. The Hall–Kier alpha value is -2.71. The summed E-state index contributed by atoms with van der Waals surface area (Å²) in [5.74, 6) is -1.74. The summed E-state index contributed by atoms with van der Waals surface area (Å²) >= 11 is 0. The van der Waals surface area contributed by atoms with E-state index < -0.39 is 18.1 Å². The number of nitrogens with zero attached hydrogens (tertiary/aromatic N) is 1. The fourth-order valence-electron chi connectivity index (χ4n) is 8.49. The van der Waals surface area contributed by atoms with Gasteiger partial charge in [0.2, 0.25) is 0 Å². The Kier molecular flexibility index (Phi) is 48.7. The maximum Gasteiger partial charge on any atom is 0.306 e. The van der Waals surface area contributed by atoms with Crippen LogP contribution in [0.4, 0.5) is 0 Å². The number of carboxylic acids is 1. The van der Waals surface area contributed by atoms with E-state index in [1.807, 2.05) is 0 Å². The molecule has 8 nitrogen and oxygen atoms in total. The van der Waals surface area contributed by atoms with E-state index in [1.165, 1.54) is 167 Å². The molecule has 0 amide bonds. The van der Waals surface area contributed by atoms with Crippen LogP contribution in [0.15, 0.2) is 48.6 Å². The molecule has 0 aliphatic rings. The van der Waals surface area contributed by atoms with Crippen LogP contribution in [0.3, 0.4) is 0 Å². The Balaban J connectivity index is 4.21. The molecular weight excluding hydrogens is 847 g/mol. The number of carbonyl (C=O) groups excluding carboxylic acids is 3. The Labute approximate surface area is 420 Å². The van der Waals surface area contributed by atoms with E-state index >= 15 is 0 Å². The number of aliphatic carboxylic acids is 1. The standard InChI is InChI=1S/C60H109NO7/c1-6-8-10-12-14-16-18-20-22-24-26-28-30-32-34-36-38-40-42-44-46-48-50-58(62)67-55-56(54-66-53-52-57(60(64)65)61(3,4)5)68-59(63)51-49-47-45-43-41-39-37-35-33-31-29-27-25-23-21-19-17-15-13-11-9-7-2/h24-27,30-33,56-57H,6-23,28-29,34-55H2,1-5H3/b26-24+,27-25+,32-30+,33-31+. The average molecular weight is 957 g/mol. The van der Waals surface area contributed by atoms with E-state index in [0.717, 1.165) is 64.2 Å². The fourth-order valence-corrected chi connectivity index (χ4v) is 8.49. The van der Waals surface area contributed by atoms with Crippen molar-refractivity contribution in [3.63, 3.8) is 0 Å². The molecule has 2 unspecified atom stereocenters. The van der Waals surface area contributed by atoms with Crippen LogP contribution >= 0.6 is 0 Å². The van der Waals surface area contributed by atoms with E-state index in [2.05, 4.69) is 62.5 Å². The maximum atomic E-state index is 12.8. The van der Waals surface area contributed by atoms with E-state index in [0.29, 0.717) is 12.8 Å². The van der Waals surface area contributed by atoms with Gasteiger partial charge in [-0.2, -0.15) is 0 Å². The Morgan fingerprint density at radius 2 is 0.779 bits per heavy atom. The fraction of sp³-hybridized carbons (Fsp3) is 0.817. The summed E-state index contributed by atoms with van der Waals surface area (Å²) in [4.78, 5) is 37.1. The van der Waals surface area contributed by atoms with Crippen LogP contribution in [0.5, 0.6) is 0 Å². The van der Waals surface area contributed by atoms with E-state index in [-0.39, 0.29) is 42.7 Å². The molecule has 0 saturated heterocycles. The van der Waals surface area contributed by atoms with Gasteiger partial charge >= 0.3 is 11.9 Å². The van der Waals surface area contributed by atoms with Crippen molar-refractivity contribution in [3.8, 4) is 0 Å². The van der Waals surface area contributed by atoms with Crippen LogP contribution in [0.2, 0.25) is 0 Å². The highest BCUT2D eigenvalue weighted by Gasteiger charge is 2.25. The summed E-state index contributed by atoms with van der Waals surface area (Å²) in [6.45, 7) is 4.68. The second-order valence-corrected chi connectivity index (χ2v) is 20.5. The lowest BCUT2D eigenvalue weighted by molar-refractivity contribution is -0.889. The summed E-state index contributed by atoms with van der Waals surface area (Å²) in [5, 5.41) is 11.7. The number of likely N-dealkylation sites (N-methyl/N-ethyl adjacent to an activating group) is 1. The first-order valence-electron chi connectivity index (χ1n) is 28.7. The molecule has 0 aliphatic carbocycles. The number of ether oxygens (including phenoxy) is 3. The summed E-state index contributed by atoms with van der Waals surface area (Å²) < 4.78 is 17.3. The van der Waals surface area contributed by atoms with E-state index in [9.17, 15) is 19.5 Å². The molecule has 0 rings (SSSR count). The minimum Gasteiger partial charge on any atom is -0.544 e. The maximum absolute atomic E-state index is 12.8. The largest absolute Gasteiger partial charge is 0.544 e. The van der Waals surface area contributed by atoms with Gasteiger partial charge in [0.1, 0.15) is 12.6 Å². The second-order valence-electron chi connectivity index (χ2n) is 20.5. The van der Waals surface area contributed by atoms with Crippen LogP contribution in [-0.2, 0) is 28.6 Å². The Bertz CT molecular complexity index is 1250. The van der Waals surface area contributed by atoms with Gasteiger partial charge in [-0.25, -0.2) is 0 Å². The van der Waals surface area contributed by atoms with Crippen molar-refractivity contribution in [2.24, 2.45) is 0 Å². The first kappa shape index (κ1) is 65.3. The molecule has 0 aliphatic heterocycles. The zero-order valence-electron chi connectivity index (χ0n) is 45.3. The van der Waals surface area contributed by atoms with Gasteiger partial charge in [0.15, 0.2) is 6.10 Å². The number of allylic oxidation sites excluding steroid dienone is 8. The minimum atomic E-state index is -1.13. The van der Waals surface area contributed by atoms with Crippen molar-refractivity contribution >= 4 is 17.9 Å². The molecular formula is C60H109NO7. The number of quaternary nitrogens is 1. The first-order valence-corrected chi connectivity index (χ1v) is 28.7. The normalized spacial score (nSPS) is 13.1. The third kappa shape index (κ3) is 48.3. The second kappa shape index (κ2) is 50.7. The van der Waals surface area contributed by atoms with Crippen LogP contribution in [-0.4, -0.2) is 75.5 Å². The molecule has 2 atom stereocenters. The topological polar surface area (TPSA) is 102 Å². The van der Waals surface area contributed by atoms with Gasteiger partial charge in [0.05, 0.1) is 40.3 Å². The quantitative estimate of drug-likeness (QED) is 0.0259. The third-order valence-corrected chi connectivity index (χ3v) is 12.9. The van der Waals surface area contributed by atoms with Crippen molar-refractivity contribution < 1.29 is 38.2 Å². The number of rotatable bonds is 52. The SMILES string of the molecule is CCCCCCCCCC/C=C/C/C=C/CCCCCCCCCC(=O)OCC(COCCC(C(=O)[O-])[N+](C)(C)C)OC(=O)CCCCCCCCC/C=C/C/C=C/CCCCCCCCCC. The smallest absolute Gasteiger partial charge is 0.306 e. The molecule has 0 spiro atoms. The third-order valence-electron chi connectivity index (χ3n) is 12.9. The molecule has 0 aromatic rings. The first-order chi connectivity index (χ1) is 33.1. The lowest BCUT2D eigenvalue weighted by Gasteiger charge is -2.34. The monoisotopic (exact) mass is 956 g/mol. The van der Waals surface area contributed by atoms with Crippen molar-refractivity contribution in [1.29, 1.82) is 0 Å². The van der Waals surface area contributed by atoms with Crippen molar-refractivity contribution in [2.45, 2.75) is 276 Å². The van der Waals surface area contributed by atoms with Crippen LogP contribution in [0, 0.1) is 0 Å². The summed E-state index contributed by atoms with van der Waals surface area (Å²) in [6, 6.07) is -0.731. The predicted molar refractivity (Wildman–Crippen MR) is 286 cm³/mol. The number of carbonyl (C=O) groups is 3. The Morgan fingerprint density at radius 1 is 0.441 bits per heavy atom. The van der Waals surface area contributed by atoms with Crippen LogP contribution < -0.4 is 5.11 Å². The molecule has 0 saturated carbocycles. The highest BCUT2D eigenvalue weighted by atomic mass is 16.6. The molecule has 396 valence electrons. The van der Waals surface area contributed by atoms with E-state index in [4.69, 9.17) is 14.2 Å². The van der Waals surface area contributed by atoms with Gasteiger partial charge in [-0.3, -0.25) is 9.59 Å². The van der Waals surface area contributed by atoms with Crippen LogP contribution in [0.25, 0.3) is 0 Å². The van der Waals surface area contributed by atoms with Crippen LogP contribution in [0.1, 0.15) is 264 Å². The summed E-state index contributed by atoms with van der Waals surface area (Å²) in [6.07, 6.45) is 62.9. The molecule has 0 fully saturated rings. The zero-order valence-corrected chi connectivity index (χ0v) is 45.3. The van der Waals surface area contributed by atoms with Crippen molar-refractivity contribution in [2.75, 3.05) is 41.0 Å². The molecule has 0 radical (unpaired) electrons. The lowest BCUT2D eigenvalue weighted by Crippen LogP contribution is -2.55. The van der Waals surface area contributed by atoms with Gasteiger partial charge in [0, 0.05) is 19.3 Å². The van der Waals surface area contributed by atoms with Gasteiger partial charge in [0.25, 0.3) is 0 Å². The number of carboxylic acid groups (broad SMARTS) is 1. The van der Waals surface area contributed by atoms with Crippen molar-refractivity contribution in [3.05, 3.63) is 48.6 Å². The highest BCUT2D eigenvalue weighted by Crippen LogP contribution is 2.15. The number of unbranched alkanes of at least 4 members (excludes halogenated alkanes) is 30. The highest BCUT2D eigenvalue weighted by molar-refractivity contribution is 5.70.